The molecule has 0 aromatic heterocycles. The molecule has 0 saturated heterocycles. The summed E-state index contributed by atoms with van der Waals surface area (Å²) in [6, 6.07) is 8.28. The van der Waals surface area contributed by atoms with Crippen LogP contribution in [0.1, 0.15) is 12.5 Å². The molecule has 1 nitrogen and oxygen atoms in total. The molecule has 2 heteroatoms. The van der Waals surface area contributed by atoms with Gasteiger partial charge in [0.1, 0.15) is 0 Å². The minimum atomic E-state index is 0.344. The summed E-state index contributed by atoms with van der Waals surface area (Å²) in [7, 11) is 1.95. The van der Waals surface area contributed by atoms with Gasteiger partial charge < -0.3 is 5.32 Å². The van der Waals surface area contributed by atoms with E-state index in [1.54, 1.807) is 0 Å². The molecule has 0 aliphatic rings. The van der Waals surface area contributed by atoms with E-state index < -0.39 is 0 Å². The Labute approximate surface area is 90.8 Å². The molecule has 0 amide bonds. The molecule has 1 aromatic rings. The summed E-state index contributed by atoms with van der Waals surface area (Å²) in [5.74, 6) is 0. The van der Waals surface area contributed by atoms with Crippen LogP contribution in [0.25, 0.3) is 0 Å². The van der Waals surface area contributed by atoms with Gasteiger partial charge in [0, 0.05) is 11.1 Å². The van der Waals surface area contributed by atoms with Crippen LogP contribution in [0, 0.1) is 0 Å². The van der Waals surface area contributed by atoms with Gasteiger partial charge in [-0.1, -0.05) is 35.9 Å². The molecule has 1 rings (SSSR count). The number of hydrogen-bond acceptors (Lipinski definition) is 1. The third-order valence-electron chi connectivity index (χ3n) is 2.30. The maximum absolute atomic E-state index is 5.81. The second-order valence-electron chi connectivity index (χ2n) is 3.52. The van der Waals surface area contributed by atoms with Gasteiger partial charge in [-0.05, 0) is 38.1 Å². The van der Waals surface area contributed by atoms with Gasteiger partial charge >= 0.3 is 0 Å². The zero-order chi connectivity index (χ0) is 10.6. The Bertz CT molecular complexity index is 303. The van der Waals surface area contributed by atoms with E-state index in [-0.39, 0.29) is 0 Å². The quantitative estimate of drug-likeness (QED) is 0.752. The highest BCUT2D eigenvalue weighted by Gasteiger charge is 2.06. The van der Waals surface area contributed by atoms with Crippen LogP contribution < -0.4 is 5.32 Å². The SMILES string of the molecule is C=C(C)[C@@H](Cc1ccc(Cl)cc1)NC. The molecule has 0 heterocycles. The number of benzene rings is 1. The molecule has 0 radical (unpaired) electrons. The summed E-state index contributed by atoms with van der Waals surface area (Å²) >= 11 is 5.81. The van der Waals surface area contributed by atoms with Crippen molar-refractivity contribution in [3.05, 3.63) is 47.0 Å². The van der Waals surface area contributed by atoms with Gasteiger partial charge in [-0.25, -0.2) is 0 Å². The molecular formula is C12H16ClN. The first-order chi connectivity index (χ1) is 6.63. The van der Waals surface area contributed by atoms with Crippen molar-refractivity contribution in [2.24, 2.45) is 0 Å². The number of likely N-dealkylation sites (N-methyl/N-ethyl adjacent to an activating group) is 1. The van der Waals surface area contributed by atoms with Crippen LogP contribution in [0.2, 0.25) is 5.02 Å². The molecule has 0 fully saturated rings. The molecule has 0 aliphatic carbocycles. The molecule has 1 N–H and O–H groups in total. The van der Waals surface area contributed by atoms with Crippen LogP contribution in [-0.2, 0) is 6.42 Å². The highest BCUT2D eigenvalue weighted by molar-refractivity contribution is 6.30. The minimum absolute atomic E-state index is 0.344. The number of halogens is 1. The lowest BCUT2D eigenvalue weighted by Crippen LogP contribution is -2.28. The van der Waals surface area contributed by atoms with Gasteiger partial charge in [0.2, 0.25) is 0 Å². The average Bonchev–Trinajstić information content (AvgIpc) is 2.16. The van der Waals surface area contributed by atoms with E-state index in [1.165, 1.54) is 5.56 Å². The second kappa shape index (κ2) is 5.18. The van der Waals surface area contributed by atoms with Crippen molar-refractivity contribution in [3.8, 4) is 0 Å². The van der Waals surface area contributed by atoms with E-state index in [0.717, 1.165) is 17.0 Å². The van der Waals surface area contributed by atoms with Gasteiger partial charge in [-0.15, -0.1) is 0 Å². The zero-order valence-corrected chi connectivity index (χ0v) is 9.43. The largest absolute Gasteiger partial charge is 0.313 e. The number of rotatable bonds is 4. The molecule has 0 unspecified atom stereocenters. The van der Waals surface area contributed by atoms with E-state index in [9.17, 15) is 0 Å². The van der Waals surface area contributed by atoms with Gasteiger partial charge in [-0.2, -0.15) is 0 Å². The van der Waals surface area contributed by atoms with Gasteiger partial charge in [0.15, 0.2) is 0 Å². The van der Waals surface area contributed by atoms with Crippen LogP contribution in [0.3, 0.4) is 0 Å². The van der Waals surface area contributed by atoms with Crippen LogP contribution in [0.5, 0.6) is 0 Å². The van der Waals surface area contributed by atoms with Crippen LogP contribution in [-0.4, -0.2) is 13.1 Å². The van der Waals surface area contributed by atoms with Gasteiger partial charge in [0.25, 0.3) is 0 Å². The molecule has 0 saturated carbocycles. The smallest absolute Gasteiger partial charge is 0.0406 e. The Morgan fingerprint density at radius 1 is 1.43 bits per heavy atom. The standard InChI is InChI=1S/C12H16ClN/c1-9(2)12(14-3)8-10-4-6-11(13)7-5-10/h4-7,12,14H,1,8H2,2-3H3/t12-/m1/s1. The molecule has 14 heavy (non-hydrogen) atoms. The average molecular weight is 210 g/mol. The minimum Gasteiger partial charge on any atom is -0.313 e. The van der Waals surface area contributed by atoms with Crippen molar-refractivity contribution in [3.63, 3.8) is 0 Å². The summed E-state index contributed by atoms with van der Waals surface area (Å²) in [6.45, 7) is 5.99. The first-order valence-electron chi connectivity index (χ1n) is 4.70. The highest BCUT2D eigenvalue weighted by atomic mass is 35.5. The van der Waals surface area contributed by atoms with Crippen LogP contribution in [0.4, 0.5) is 0 Å². The maximum atomic E-state index is 5.81. The van der Waals surface area contributed by atoms with E-state index >= 15 is 0 Å². The molecule has 0 aliphatic heterocycles. The Morgan fingerprint density at radius 2 is 2.00 bits per heavy atom. The zero-order valence-electron chi connectivity index (χ0n) is 8.68. The predicted octanol–water partition coefficient (Wildman–Crippen LogP) is 3.05. The summed E-state index contributed by atoms with van der Waals surface area (Å²) < 4.78 is 0. The van der Waals surface area contributed by atoms with Crippen molar-refractivity contribution < 1.29 is 0 Å². The Hall–Kier alpha value is -0.790. The lowest BCUT2D eigenvalue weighted by atomic mass is 10.0. The monoisotopic (exact) mass is 209 g/mol. The first kappa shape index (κ1) is 11.3. The summed E-state index contributed by atoms with van der Waals surface area (Å²) in [4.78, 5) is 0. The van der Waals surface area contributed by atoms with Crippen LogP contribution in [0.15, 0.2) is 36.4 Å². The fourth-order valence-electron chi connectivity index (χ4n) is 1.38. The van der Waals surface area contributed by atoms with Crippen molar-refractivity contribution in [1.82, 2.24) is 5.32 Å². The van der Waals surface area contributed by atoms with Crippen molar-refractivity contribution in [2.75, 3.05) is 7.05 Å². The summed E-state index contributed by atoms with van der Waals surface area (Å²) in [5, 5.41) is 4.01. The fourth-order valence-corrected chi connectivity index (χ4v) is 1.50. The molecule has 0 bridgehead atoms. The predicted molar refractivity (Wildman–Crippen MR) is 62.8 cm³/mol. The second-order valence-corrected chi connectivity index (χ2v) is 3.95. The highest BCUT2D eigenvalue weighted by Crippen LogP contribution is 2.12. The van der Waals surface area contributed by atoms with Crippen LogP contribution >= 0.6 is 11.6 Å². The number of hydrogen-bond donors (Lipinski definition) is 1. The Kier molecular flexibility index (Phi) is 4.18. The van der Waals surface area contributed by atoms with Crippen molar-refractivity contribution in [2.45, 2.75) is 19.4 Å². The lowest BCUT2D eigenvalue weighted by molar-refractivity contribution is 0.634. The first-order valence-corrected chi connectivity index (χ1v) is 5.08. The third-order valence-corrected chi connectivity index (χ3v) is 2.55. The van der Waals surface area contributed by atoms with Gasteiger partial charge in [-0.3, -0.25) is 0 Å². The number of nitrogens with one attached hydrogen (secondary N) is 1. The fraction of sp³-hybridized carbons (Fsp3) is 0.333. The lowest BCUT2D eigenvalue weighted by Gasteiger charge is -2.15. The summed E-state index contributed by atoms with van der Waals surface area (Å²) in [6.07, 6.45) is 0.961. The van der Waals surface area contributed by atoms with Crippen molar-refractivity contribution in [1.29, 1.82) is 0 Å². The third kappa shape index (κ3) is 3.17. The van der Waals surface area contributed by atoms with E-state index in [2.05, 4.69) is 24.0 Å². The van der Waals surface area contributed by atoms with Crippen molar-refractivity contribution >= 4 is 11.6 Å². The van der Waals surface area contributed by atoms with E-state index in [1.807, 2.05) is 26.1 Å². The molecule has 76 valence electrons. The maximum Gasteiger partial charge on any atom is 0.0406 e. The van der Waals surface area contributed by atoms with Gasteiger partial charge in [0.05, 0.1) is 0 Å². The molecule has 0 spiro atoms. The molecule has 1 atom stereocenters. The summed E-state index contributed by atoms with van der Waals surface area (Å²) in [5.41, 5.74) is 2.43. The normalized spacial score (nSPS) is 12.5. The topological polar surface area (TPSA) is 12.0 Å². The Morgan fingerprint density at radius 3 is 2.43 bits per heavy atom. The Balaban J connectivity index is 2.67. The van der Waals surface area contributed by atoms with E-state index in [4.69, 9.17) is 11.6 Å². The molecule has 1 aromatic carbocycles. The van der Waals surface area contributed by atoms with E-state index in [0.29, 0.717) is 6.04 Å². The molecular weight excluding hydrogens is 194 g/mol.